The summed E-state index contributed by atoms with van der Waals surface area (Å²) < 4.78 is 5.92. The number of aryl methyl sites for hydroxylation is 2. The van der Waals surface area contributed by atoms with Gasteiger partial charge >= 0.3 is 0 Å². The molecule has 2 aromatic heterocycles. The number of nitrogens with zero attached hydrogens (tertiary/aromatic N) is 2. The molecule has 4 aromatic rings. The van der Waals surface area contributed by atoms with Crippen LogP contribution in [-0.2, 0) is 0 Å². The number of aromatic nitrogens is 1. The van der Waals surface area contributed by atoms with E-state index in [4.69, 9.17) is 16.0 Å². The molecule has 1 atom stereocenters. The molecule has 7 heteroatoms. The molecule has 3 heterocycles. The summed E-state index contributed by atoms with van der Waals surface area (Å²) in [6.07, 6.45) is 0. The highest BCUT2D eigenvalue weighted by Crippen LogP contribution is 2.43. The van der Waals surface area contributed by atoms with Crippen LogP contribution < -0.4 is 10.3 Å². The van der Waals surface area contributed by atoms with Crippen molar-refractivity contribution in [2.45, 2.75) is 19.9 Å². The summed E-state index contributed by atoms with van der Waals surface area (Å²) in [5.74, 6) is -0.296. The number of anilines is 1. The Morgan fingerprint density at radius 1 is 1.07 bits per heavy atom. The van der Waals surface area contributed by atoms with E-state index >= 15 is 0 Å². The molecule has 0 saturated carbocycles. The number of carbonyl (C=O) groups is 1. The lowest BCUT2D eigenvalue weighted by atomic mass is 9.99. The highest BCUT2D eigenvalue weighted by Gasteiger charge is 2.44. The van der Waals surface area contributed by atoms with Gasteiger partial charge < -0.3 is 4.42 Å². The van der Waals surface area contributed by atoms with Crippen LogP contribution >= 0.6 is 22.9 Å². The number of carbonyl (C=O) groups excluding carboxylic acids is 1. The molecule has 5 rings (SSSR count). The monoisotopic (exact) mass is 422 g/mol. The largest absolute Gasteiger partial charge is 0.450 e. The van der Waals surface area contributed by atoms with Crippen molar-refractivity contribution in [2.75, 3.05) is 4.90 Å². The van der Waals surface area contributed by atoms with Crippen LogP contribution in [0.2, 0.25) is 5.02 Å². The fourth-order valence-corrected chi connectivity index (χ4v) is 4.70. The van der Waals surface area contributed by atoms with Gasteiger partial charge in [0.25, 0.3) is 5.91 Å². The maximum absolute atomic E-state index is 13.4. The van der Waals surface area contributed by atoms with Gasteiger partial charge in [-0.25, -0.2) is 4.98 Å². The molecule has 2 aromatic carbocycles. The third-order valence-corrected chi connectivity index (χ3v) is 6.51. The molecule has 0 saturated heterocycles. The number of para-hydroxylation sites is 1. The average molecular weight is 423 g/mol. The summed E-state index contributed by atoms with van der Waals surface area (Å²) in [7, 11) is 0. The molecule has 1 aliphatic rings. The molecule has 0 spiro atoms. The second-order valence-corrected chi connectivity index (χ2v) is 8.56. The normalized spacial score (nSPS) is 15.9. The first kappa shape index (κ1) is 18.1. The molecule has 0 aliphatic carbocycles. The van der Waals surface area contributed by atoms with Crippen LogP contribution in [0.1, 0.15) is 38.3 Å². The van der Waals surface area contributed by atoms with Crippen molar-refractivity contribution in [1.29, 1.82) is 0 Å². The van der Waals surface area contributed by atoms with E-state index in [2.05, 4.69) is 4.98 Å². The van der Waals surface area contributed by atoms with Gasteiger partial charge in [-0.2, -0.15) is 0 Å². The first-order chi connectivity index (χ1) is 14.0. The first-order valence-electron chi connectivity index (χ1n) is 9.04. The van der Waals surface area contributed by atoms with Crippen molar-refractivity contribution < 1.29 is 9.21 Å². The second-order valence-electron chi connectivity index (χ2n) is 6.94. The molecule has 0 bridgehead atoms. The number of halogens is 1. The van der Waals surface area contributed by atoms with E-state index in [9.17, 15) is 9.59 Å². The van der Waals surface area contributed by atoms with Crippen LogP contribution in [0.25, 0.3) is 11.0 Å². The molecule has 0 unspecified atom stereocenters. The summed E-state index contributed by atoms with van der Waals surface area (Å²) in [5.41, 5.74) is 2.15. The van der Waals surface area contributed by atoms with E-state index in [1.807, 2.05) is 26.0 Å². The van der Waals surface area contributed by atoms with Gasteiger partial charge in [0, 0.05) is 9.90 Å². The Morgan fingerprint density at radius 3 is 2.48 bits per heavy atom. The van der Waals surface area contributed by atoms with Crippen LogP contribution in [0.5, 0.6) is 0 Å². The van der Waals surface area contributed by atoms with Crippen LogP contribution in [0.4, 0.5) is 5.13 Å². The quantitative estimate of drug-likeness (QED) is 0.441. The Kier molecular flexibility index (Phi) is 4.08. The van der Waals surface area contributed by atoms with Gasteiger partial charge in [0.2, 0.25) is 5.76 Å². The number of amides is 1. The fourth-order valence-electron chi connectivity index (χ4n) is 3.64. The maximum atomic E-state index is 13.4. The van der Waals surface area contributed by atoms with Crippen LogP contribution in [0, 0.1) is 13.8 Å². The van der Waals surface area contributed by atoms with E-state index < -0.39 is 6.04 Å². The summed E-state index contributed by atoms with van der Waals surface area (Å²) >= 11 is 7.48. The van der Waals surface area contributed by atoms with Crippen LogP contribution in [0.3, 0.4) is 0 Å². The number of benzene rings is 2. The van der Waals surface area contributed by atoms with Crippen LogP contribution in [-0.4, -0.2) is 10.9 Å². The van der Waals surface area contributed by atoms with Crippen molar-refractivity contribution in [3.8, 4) is 0 Å². The molecule has 1 amide bonds. The lowest BCUT2D eigenvalue weighted by molar-refractivity contribution is 0.0971. The lowest BCUT2D eigenvalue weighted by Gasteiger charge is -2.22. The zero-order chi connectivity index (χ0) is 20.3. The van der Waals surface area contributed by atoms with E-state index in [-0.39, 0.29) is 17.1 Å². The minimum absolute atomic E-state index is 0.0687. The molecule has 5 nitrogen and oxygen atoms in total. The van der Waals surface area contributed by atoms with Gasteiger partial charge in [0.05, 0.1) is 22.7 Å². The highest BCUT2D eigenvalue weighted by atomic mass is 35.5. The fraction of sp³-hybridized carbons (Fsp3) is 0.136. The third-order valence-electron chi connectivity index (χ3n) is 5.19. The average Bonchev–Trinajstić information content (AvgIpc) is 3.19. The van der Waals surface area contributed by atoms with Gasteiger partial charge in [-0.15, -0.1) is 11.3 Å². The van der Waals surface area contributed by atoms with Crippen molar-refractivity contribution >= 4 is 44.9 Å². The van der Waals surface area contributed by atoms with Crippen molar-refractivity contribution in [2.24, 2.45) is 0 Å². The first-order valence-corrected chi connectivity index (χ1v) is 10.2. The molecule has 0 radical (unpaired) electrons. The molecule has 1 aliphatic heterocycles. The zero-order valence-electron chi connectivity index (χ0n) is 15.6. The van der Waals surface area contributed by atoms with Crippen molar-refractivity contribution in [3.63, 3.8) is 0 Å². The standard InChI is InChI=1S/C22H15ClN2O3S/c1-11-12(2)29-22(24-11)25-18(13-7-9-14(23)10-8-13)17-19(26)15-5-3-4-6-16(15)28-20(17)21(25)27/h3-10,18H,1-2H3/t18-/m0/s1. The number of fused-ring (bicyclic) bond motifs is 2. The Labute approximate surface area is 175 Å². The minimum Gasteiger partial charge on any atom is -0.450 e. The van der Waals surface area contributed by atoms with Crippen LogP contribution in [0.15, 0.2) is 57.7 Å². The van der Waals surface area contributed by atoms with Gasteiger partial charge in [0.15, 0.2) is 10.6 Å². The Morgan fingerprint density at radius 2 is 1.79 bits per heavy atom. The summed E-state index contributed by atoms with van der Waals surface area (Å²) in [6.45, 7) is 3.86. The van der Waals surface area contributed by atoms with E-state index in [1.165, 1.54) is 11.3 Å². The zero-order valence-corrected chi connectivity index (χ0v) is 17.2. The van der Waals surface area contributed by atoms with Gasteiger partial charge in [-0.3, -0.25) is 14.5 Å². The summed E-state index contributed by atoms with van der Waals surface area (Å²) in [6, 6.07) is 13.5. The van der Waals surface area contributed by atoms with Gasteiger partial charge in [0.1, 0.15) is 5.58 Å². The Balaban J connectivity index is 1.82. The van der Waals surface area contributed by atoms with Gasteiger partial charge in [-0.1, -0.05) is 35.9 Å². The minimum atomic E-state index is -0.624. The van der Waals surface area contributed by atoms with Crippen molar-refractivity contribution in [3.05, 3.63) is 91.2 Å². The Hall–Kier alpha value is -2.96. The molecule has 0 N–H and O–H groups in total. The Bertz CT molecular complexity index is 1320. The maximum Gasteiger partial charge on any atom is 0.297 e. The molecule has 144 valence electrons. The predicted molar refractivity (Wildman–Crippen MR) is 114 cm³/mol. The lowest BCUT2D eigenvalue weighted by Crippen LogP contribution is -2.29. The van der Waals surface area contributed by atoms with Gasteiger partial charge in [-0.05, 0) is 43.7 Å². The summed E-state index contributed by atoms with van der Waals surface area (Å²) in [4.78, 5) is 33.9. The second kappa shape index (κ2) is 6.54. The molecule has 29 heavy (non-hydrogen) atoms. The van der Waals surface area contributed by atoms with Crippen molar-refractivity contribution in [1.82, 2.24) is 4.98 Å². The number of thiazole rings is 1. The SMILES string of the molecule is Cc1nc(N2C(=O)c3oc4ccccc4c(=O)c3[C@@H]2c2ccc(Cl)cc2)sc1C. The number of rotatable bonds is 2. The molecule has 0 fully saturated rings. The molecular weight excluding hydrogens is 408 g/mol. The number of hydrogen-bond acceptors (Lipinski definition) is 5. The van der Waals surface area contributed by atoms with E-state index in [1.54, 1.807) is 41.3 Å². The third kappa shape index (κ3) is 2.71. The molecular formula is C22H15ClN2O3S. The smallest absolute Gasteiger partial charge is 0.297 e. The van der Waals surface area contributed by atoms with E-state index in [0.717, 1.165) is 16.1 Å². The topological polar surface area (TPSA) is 63.4 Å². The summed E-state index contributed by atoms with van der Waals surface area (Å²) in [5, 5.41) is 1.57. The number of hydrogen-bond donors (Lipinski definition) is 0. The predicted octanol–water partition coefficient (Wildman–Crippen LogP) is 5.27. The highest BCUT2D eigenvalue weighted by molar-refractivity contribution is 7.15. The van der Waals surface area contributed by atoms with E-state index in [0.29, 0.717) is 26.7 Å².